The topological polar surface area (TPSA) is 109 Å². The van der Waals surface area contributed by atoms with Gasteiger partial charge in [-0.05, 0) is 36.2 Å². The number of pyridine rings is 1. The Bertz CT molecular complexity index is 1040. The third-order valence-corrected chi connectivity index (χ3v) is 5.00. The van der Waals surface area contributed by atoms with Crippen LogP contribution in [0, 0.1) is 0 Å². The lowest BCUT2D eigenvalue weighted by Gasteiger charge is -2.16. The highest BCUT2D eigenvalue weighted by molar-refractivity contribution is 14.0. The summed E-state index contributed by atoms with van der Waals surface area (Å²) in [6.45, 7) is 2.04. The maximum Gasteiger partial charge on any atom is 0.276 e. The van der Waals surface area contributed by atoms with Crippen molar-refractivity contribution in [2.24, 2.45) is 4.99 Å². The van der Waals surface area contributed by atoms with Crippen molar-refractivity contribution >= 4 is 41.5 Å². The molecule has 1 aliphatic rings. The molecule has 0 spiro atoms. The molecule has 0 atom stereocenters. The number of hydrogen-bond donors (Lipinski definition) is 2. The minimum Gasteiger partial charge on any atom is -0.356 e. The van der Waals surface area contributed by atoms with E-state index >= 15 is 0 Å². The largest absolute Gasteiger partial charge is 0.356 e. The van der Waals surface area contributed by atoms with Gasteiger partial charge >= 0.3 is 0 Å². The number of carbonyl (C=O) groups is 1. The Morgan fingerprint density at radius 1 is 1.19 bits per heavy atom. The summed E-state index contributed by atoms with van der Waals surface area (Å²) in [5, 5.41) is 10.5. The van der Waals surface area contributed by atoms with Crippen molar-refractivity contribution in [1.29, 1.82) is 0 Å². The lowest BCUT2D eigenvalue weighted by Crippen LogP contribution is -2.38. The van der Waals surface area contributed by atoms with Crippen LogP contribution >= 0.6 is 24.0 Å². The van der Waals surface area contributed by atoms with Crippen LogP contribution in [0.4, 0.5) is 5.69 Å². The summed E-state index contributed by atoms with van der Waals surface area (Å²) in [6, 6.07) is 13.6. The van der Waals surface area contributed by atoms with Crippen LogP contribution < -0.4 is 15.5 Å². The summed E-state index contributed by atoms with van der Waals surface area (Å²) >= 11 is 0. The summed E-state index contributed by atoms with van der Waals surface area (Å²) in [6.07, 6.45) is 3.85. The number of guanidine groups is 1. The van der Waals surface area contributed by atoms with E-state index < -0.39 is 0 Å². The summed E-state index contributed by atoms with van der Waals surface area (Å²) in [4.78, 5) is 26.5. The van der Waals surface area contributed by atoms with Crippen LogP contribution in [0.15, 0.2) is 58.2 Å². The van der Waals surface area contributed by atoms with E-state index in [0.717, 1.165) is 24.2 Å². The van der Waals surface area contributed by atoms with E-state index in [2.05, 4.69) is 30.8 Å². The second kappa shape index (κ2) is 11.6. The molecule has 3 heterocycles. The molecule has 2 N–H and O–H groups in total. The fourth-order valence-corrected chi connectivity index (χ4v) is 3.36. The van der Waals surface area contributed by atoms with Gasteiger partial charge in [0, 0.05) is 51.4 Å². The van der Waals surface area contributed by atoms with Crippen LogP contribution in [0.25, 0.3) is 11.6 Å². The standard InChI is InChI=1S/C22H25N7O2.HI/c1-23-22(25-13-11-19-27-21(31-28-19)18-5-2-3-12-24-18)26-15-16-7-9-17(10-8-16)29-14-4-6-20(29)30;/h2-3,5,7-10,12H,4,6,11,13-15H2,1H3,(H2,23,25,26);1H. The van der Waals surface area contributed by atoms with Crippen molar-refractivity contribution in [2.45, 2.75) is 25.8 Å². The van der Waals surface area contributed by atoms with Gasteiger partial charge in [0.25, 0.3) is 5.89 Å². The predicted octanol–water partition coefficient (Wildman–Crippen LogP) is 2.78. The summed E-state index contributed by atoms with van der Waals surface area (Å²) in [5.41, 5.74) is 2.72. The van der Waals surface area contributed by atoms with E-state index in [4.69, 9.17) is 4.52 Å². The molecule has 0 saturated carbocycles. The SMILES string of the molecule is CN=C(NCCc1noc(-c2ccccn2)n1)NCc1ccc(N2CCCC2=O)cc1.I. The van der Waals surface area contributed by atoms with Gasteiger partial charge in [-0.15, -0.1) is 24.0 Å². The Kier molecular flexibility index (Phi) is 8.54. The Balaban J connectivity index is 0.00000289. The van der Waals surface area contributed by atoms with E-state index in [0.29, 0.717) is 49.3 Å². The molecule has 32 heavy (non-hydrogen) atoms. The van der Waals surface area contributed by atoms with Crippen LogP contribution in [-0.4, -0.2) is 47.1 Å². The van der Waals surface area contributed by atoms with Crippen molar-refractivity contribution in [3.05, 3.63) is 60.0 Å². The molecule has 3 aromatic rings. The molecule has 1 aliphatic heterocycles. The van der Waals surface area contributed by atoms with Gasteiger partial charge in [0.05, 0.1) is 0 Å². The first kappa shape index (κ1) is 23.6. The number of rotatable bonds is 7. The second-order valence-electron chi connectivity index (χ2n) is 7.15. The molecular formula is C22H26IN7O2. The Morgan fingerprint density at radius 3 is 2.72 bits per heavy atom. The zero-order valence-electron chi connectivity index (χ0n) is 17.8. The van der Waals surface area contributed by atoms with Crippen LogP contribution in [0.2, 0.25) is 0 Å². The number of nitrogens with one attached hydrogen (secondary N) is 2. The minimum atomic E-state index is 0. The number of aliphatic imine (C=N–C) groups is 1. The number of halogens is 1. The fraction of sp³-hybridized carbons (Fsp3) is 0.318. The van der Waals surface area contributed by atoms with E-state index in [1.807, 2.05) is 47.4 Å². The molecule has 4 rings (SSSR count). The molecule has 1 aromatic carbocycles. The van der Waals surface area contributed by atoms with E-state index in [1.54, 1.807) is 13.2 Å². The number of amides is 1. The molecule has 9 nitrogen and oxygen atoms in total. The molecule has 1 amide bonds. The minimum absolute atomic E-state index is 0. The van der Waals surface area contributed by atoms with Crippen molar-refractivity contribution in [1.82, 2.24) is 25.8 Å². The highest BCUT2D eigenvalue weighted by atomic mass is 127. The average molecular weight is 547 g/mol. The molecule has 168 valence electrons. The van der Waals surface area contributed by atoms with E-state index in [-0.39, 0.29) is 29.9 Å². The number of anilines is 1. The van der Waals surface area contributed by atoms with E-state index in [1.165, 1.54) is 0 Å². The van der Waals surface area contributed by atoms with Crippen LogP contribution in [-0.2, 0) is 17.8 Å². The molecular weight excluding hydrogens is 521 g/mol. The van der Waals surface area contributed by atoms with Gasteiger partial charge < -0.3 is 20.1 Å². The Morgan fingerprint density at radius 2 is 2.03 bits per heavy atom. The lowest BCUT2D eigenvalue weighted by molar-refractivity contribution is -0.117. The van der Waals surface area contributed by atoms with Crippen LogP contribution in [0.1, 0.15) is 24.2 Å². The molecule has 10 heteroatoms. The third kappa shape index (κ3) is 6.02. The predicted molar refractivity (Wildman–Crippen MR) is 133 cm³/mol. The second-order valence-corrected chi connectivity index (χ2v) is 7.15. The molecule has 1 saturated heterocycles. The molecule has 0 bridgehead atoms. The Labute approximate surface area is 203 Å². The maximum atomic E-state index is 11.9. The Hall–Kier alpha value is -3.02. The van der Waals surface area contributed by atoms with Gasteiger partial charge in [-0.25, -0.2) is 0 Å². The highest BCUT2D eigenvalue weighted by Crippen LogP contribution is 2.21. The van der Waals surface area contributed by atoms with Gasteiger partial charge in [-0.3, -0.25) is 14.8 Å². The maximum absolute atomic E-state index is 11.9. The van der Waals surface area contributed by atoms with Gasteiger partial charge in [0.15, 0.2) is 11.8 Å². The smallest absolute Gasteiger partial charge is 0.276 e. The molecule has 0 radical (unpaired) electrons. The monoisotopic (exact) mass is 547 g/mol. The quantitative estimate of drug-likeness (QED) is 0.266. The van der Waals surface area contributed by atoms with Crippen molar-refractivity contribution < 1.29 is 9.32 Å². The average Bonchev–Trinajstić information content (AvgIpc) is 3.46. The number of carbonyl (C=O) groups excluding carboxylic acids is 1. The van der Waals surface area contributed by atoms with Gasteiger partial charge in [-0.1, -0.05) is 23.4 Å². The number of nitrogens with zero attached hydrogens (tertiary/aromatic N) is 5. The fourth-order valence-electron chi connectivity index (χ4n) is 3.36. The first-order valence-electron chi connectivity index (χ1n) is 10.3. The van der Waals surface area contributed by atoms with Crippen molar-refractivity contribution in [3.8, 4) is 11.6 Å². The van der Waals surface area contributed by atoms with Gasteiger partial charge in [-0.2, -0.15) is 4.98 Å². The molecule has 2 aromatic heterocycles. The van der Waals surface area contributed by atoms with Gasteiger partial charge in [0.1, 0.15) is 5.69 Å². The highest BCUT2D eigenvalue weighted by Gasteiger charge is 2.21. The molecule has 0 unspecified atom stereocenters. The normalized spacial score (nSPS) is 13.7. The van der Waals surface area contributed by atoms with Crippen LogP contribution in [0.5, 0.6) is 0 Å². The summed E-state index contributed by atoms with van der Waals surface area (Å²) in [5.74, 6) is 1.91. The van der Waals surface area contributed by atoms with E-state index in [9.17, 15) is 4.79 Å². The third-order valence-electron chi connectivity index (χ3n) is 5.00. The number of benzene rings is 1. The van der Waals surface area contributed by atoms with Crippen molar-refractivity contribution in [3.63, 3.8) is 0 Å². The lowest BCUT2D eigenvalue weighted by atomic mass is 10.2. The first-order chi connectivity index (χ1) is 15.2. The number of aromatic nitrogens is 3. The zero-order chi connectivity index (χ0) is 21.5. The number of hydrogen-bond acceptors (Lipinski definition) is 6. The zero-order valence-corrected chi connectivity index (χ0v) is 20.2. The molecule has 1 fully saturated rings. The van der Waals surface area contributed by atoms with Crippen molar-refractivity contribution in [2.75, 3.05) is 25.0 Å². The summed E-state index contributed by atoms with van der Waals surface area (Å²) < 4.78 is 5.27. The first-order valence-corrected chi connectivity index (χ1v) is 10.3. The van der Waals surface area contributed by atoms with Gasteiger partial charge in [0.2, 0.25) is 5.91 Å². The molecule has 0 aliphatic carbocycles. The van der Waals surface area contributed by atoms with Crippen LogP contribution in [0.3, 0.4) is 0 Å². The summed E-state index contributed by atoms with van der Waals surface area (Å²) in [7, 11) is 1.73.